The molecular weight excluding hydrogens is 178 g/mol. The van der Waals surface area contributed by atoms with Crippen molar-refractivity contribution in [1.29, 1.82) is 0 Å². The Labute approximate surface area is 73.4 Å². The molecule has 1 aliphatic heterocycles. The Kier molecular flexibility index (Phi) is 2.97. The molecule has 1 rings (SSSR count). The maximum Gasteiger partial charge on any atom is 0.318 e. The molecule has 12 heavy (non-hydrogen) atoms. The maximum absolute atomic E-state index is 11.1. The maximum atomic E-state index is 11.1. The number of imide groups is 1. The monoisotopic (exact) mass is 189 g/mol. The van der Waals surface area contributed by atoms with Crippen LogP contribution in [0.25, 0.3) is 0 Å². The van der Waals surface area contributed by atoms with Gasteiger partial charge in [-0.3, -0.25) is 14.5 Å². The highest BCUT2D eigenvalue weighted by Gasteiger charge is 2.30. The predicted octanol–water partition coefficient (Wildman–Crippen LogP) is 0.497. The molecule has 0 spiro atoms. The van der Waals surface area contributed by atoms with Crippen LogP contribution in [0.3, 0.4) is 0 Å². The SMILES string of the molecule is CCCN1C(=O)CCS(=O)C1=O. The lowest BCUT2D eigenvalue weighted by Crippen LogP contribution is -2.44. The van der Waals surface area contributed by atoms with Crippen LogP contribution in [0, 0.1) is 0 Å². The molecule has 1 saturated heterocycles. The van der Waals surface area contributed by atoms with Crippen LogP contribution in [0.1, 0.15) is 19.8 Å². The third-order valence-electron chi connectivity index (χ3n) is 1.66. The zero-order chi connectivity index (χ0) is 9.14. The number of carbonyl (C=O) groups excluding carboxylic acids is 2. The zero-order valence-electron chi connectivity index (χ0n) is 6.91. The number of rotatable bonds is 2. The van der Waals surface area contributed by atoms with Crippen LogP contribution >= 0.6 is 0 Å². The molecule has 0 aromatic heterocycles. The van der Waals surface area contributed by atoms with E-state index >= 15 is 0 Å². The molecule has 5 heteroatoms. The Morgan fingerprint density at radius 1 is 1.50 bits per heavy atom. The summed E-state index contributed by atoms with van der Waals surface area (Å²) < 4.78 is 11.0. The lowest BCUT2D eigenvalue weighted by molar-refractivity contribution is -0.127. The van der Waals surface area contributed by atoms with Gasteiger partial charge in [-0.15, -0.1) is 0 Å². The van der Waals surface area contributed by atoms with Gasteiger partial charge in [0.15, 0.2) is 0 Å². The molecular formula is C7H11NO3S. The quantitative estimate of drug-likeness (QED) is 0.635. The standard InChI is InChI=1S/C7H11NO3S/c1-2-4-8-6(9)3-5-12(11)7(8)10/h2-5H2,1H3. The smallest absolute Gasteiger partial charge is 0.274 e. The fraction of sp³-hybridized carbons (Fsp3) is 0.714. The van der Waals surface area contributed by atoms with Crippen molar-refractivity contribution in [2.45, 2.75) is 19.8 Å². The van der Waals surface area contributed by atoms with Crippen molar-refractivity contribution in [3.05, 3.63) is 0 Å². The summed E-state index contributed by atoms with van der Waals surface area (Å²) in [6, 6.07) is 0. The van der Waals surface area contributed by atoms with Gasteiger partial charge >= 0.3 is 5.24 Å². The zero-order valence-corrected chi connectivity index (χ0v) is 7.73. The second-order valence-corrected chi connectivity index (χ2v) is 4.06. The normalized spacial score (nSPS) is 24.8. The van der Waals surface area contributed by atoms with Crippen LogP contribution < -0.4 is 0 Å². The molecule has 0 aliphatic carbocycles. The second-order valence-electron chi connectivity index (χ2n) is 2.61. The summed E-state index contributed by atoms with van der Waals surface area (Å²) in [5, 5.41) is -0.520. The molecule has 1 atom stereocenters. The van der Waals surface area contributed by atoms with Crippen LogP contribution in [0.2, 0.25) is 0 Å². The molecule has 0 radical (unpaired) electrons. The van der Waals surface area contributed by atoms with E-state index in [9.17, 15) is 13.8 Å². The highest BCUT2D eigenvalue weighted by Crippen LogP contribution is 2.09. The number of nitrogens with zero attached hydrogens (tertiary/aromatic N) is 1. The average molecular weight is 189 g/mol. The van der Waals surface area contributed by atoms with Gasteiger partial charge in [-0.1, -0.05) is 6.92 Å². The predicted molar refractivity (Wildman–Crippen MR) is 45.0 cm³/mol. The minimum atomic E-state index is -1.47. The van der Waals surface area contributed by atoms with Gasteiger partial charge in [0.1, 0.15) is 10.8 Å². The lowest BCUT2D eigenvalue weighted by atomic mass is 10.3. The first kappa shape index (κ1) is 9.38. The van der Waals surface area contributed by atoms with Crippen molar-refractivity contribution in [2.75, 3.05) is 12.3 Å². The van der Waals surface area contributed by atoms with Gasteiger partial charge < -0.3 is 0 Å². The molecule has 2 amide bonds. The van der Waals surface area contributed by atoms with Crippen molar-refractivity contribution < 1.29 is 13.8 Å². The fourth-order valence-corrected chi connectivity index (χ4v) is 2.04. The molecule has 0 aromatic carbocycles. The first-order valence-corrected chi connectivity index (χ1v) is 5.21. The van der Waals surface area contributed by atoms with Crippen LogP contribution in [0.5, 0.6) is 0 Å². The van der Waals surface area contributed by atoms with Crippen LogP contribution in [-0.4, -0.2) is 32.6 Å². The van der Waals surface area contributed by atoms with Gasteiger partial charge in [-0.2, -0.15) is 0 Å². The first-order valence-electron chi connectivity index (χ1n) is 3.89. The summed E-state index contributed by atoms with van der Waals surface area (Å²) in [6.07, 6.45) is 0.951. The number of hydrogen-bond acceptors (Lipinski definition) is 3. The van der Waals surface area contributed by atoms with Gasteiger partial charge in [0.2, 0.25) is 5.91 Å². The molecule has 0 N–H and O–H groups in total. The molecule has 4 nitrogen and oxygen atoms in total. The first-order chi connectivity index (χ1) is 5.66. The van der Waals surface area contributed by atoms with Gasteiger partial charge in [0, 0.05) is 18.7 Å². The summed E-state index contributed by atoms with van der Waals surface area (Å²) in [5.41, 5.74) is 0. The molecule has 0 saturated carbocycles. The van der Waals surface area contributed by atoms with E-state index in [1.165, 1.54) is 0 Å². The van der Waals surface area contributed by atoms with Crippen molar-refractivity contribution in [2.24, 2.45) is 0 Å². The van der Waals surface area contributed by atoms with E-state index in [1.54, 1.807) is 0 Å². The van der Waals surface area contributed by atoms with E-state index in [4.69, 9.17) is 0 Å². The van der Waals surface area contributed by atoms with Crippen molar-refractivity contribution in [3.8, 4) is 0 Å². The van der Waals surface area contributed by atoms with Crippen LogP contribution in [0.15, 0.2) is 0 Å². The number of amides is 2. The highest BCUT2D eigenvalue weighted by molar-refractivity contribution is 8.00. The second kappa shape index (κ2) is 3.80. The third-order valence-corrected chi connectivity index (χ3v) is 2.85. The summed E-state index contributed by atoms with van der Waals surface area (Å²) >= 11 is 0. The van der Waals surface area contributed by atoms with Gasteiger partial charge in [0.25, 0.3) is 0 Å². The van der Waals surface area contributed by atoms with E-state index in [0.717, 1.165) is 4.90 Å². The van der Waals surface area contributed by atoms with Gasteiger partial charge in [-0.25, -0.2) is 4.21 Å². The number of carbonyl (C=O) groups is 2. The van der Waals surface area contributed by atoms with E-state index in [2.05, 4.69) is 0 Å². The Morgan fingerprint density at radius 3 is 2.75 bits per heavy atom. The Balaban J connectivity index is 2.72. The lowest BCUT2D eigenvalue weighted by Gasteiger charge is -2.23. The topological polar surface area (TPSA) is 54.5 Å². The molecule has 0 bridgehead atoms. The fourth-order valence-electron chi connectivity index (χ4n) is 1.07. The van der Waals surface area contributed by atoms with Crippen molar-refractivity contribution in [3.63, 3.8) is 0 Å². The molecule has 0 aromatic rings. The minimum Gasteiger partial charge on any atom is -0.274 e. The largest absolute Gasteiger partial charge is 0.318 e. The van der Waals surface area contributed by atoms with E-state index in [0.29, 0.717) is 13.0 Å². The molecule has 1 fully saturated rings. The van der Waals surface area contributed by atoms with E-state index in [1.807, 2.05) is 6.92 Å². The molecule has 1 unspecified atom stereocenters. The molecule has 68 valence electrons. The summed E-state index contributed by atoms with van der Waals surface area (Å²) in [7, 11) is -1.47. The number of hydrogen-bond donors (Lipinski definition) is 0. The van der Waals surface area contributed by atoms with Gasteiger partial charge in [0.05, 0.1) is 0 Å². The van der Waals surface area contributed by atoms with Gasteiger partial charge in [-0.05, 0) is 6.42 Å². The molecule has 1 heterocycles. The van der Waals surface area contributed by atoms with Crippen molar-refractivity contribution >= 4 is 21.9 Å². The Hall–Kier alpha value is -0.710. The average Bonchev–Trinajstić information content (AvgIpc) is 2.06. The van der Waals surface area contributed by atoms with Crippen LogP contribution in [0.4, 0.5) is 4.79 Å². The highest BCUT2D eigenvalue weighted by atomic mass is 32.2. The Bertz CT molecular complexity index is 239. The summed E-state index contributed by atoms with van der Waals surface area (Å²) in [5.74, 6) is -0.000760. The third kappa shape index (κ3) is 1.72. The molecule has 1 aliphatic rings. The summed E-state index contributed by atoms with van der Waals surface area (Å²) in [4.78, 5) is 23.3. The van der Waals surface area contributed by atoms with E-state index in [-0.39, 0.29) is 18.1 Å². The summed E-state index contributed by atoms with van der Waals surface area (Å²) in [6.45, 7) is 2.27. The van der Waals surface area contributed by atoms with Crippen LogP contribution in [-0.2, 0) is 15.6 Å². The Morgan fingerprint density at radius 2 is 2.17 bits per heavy atom. The van der Waals surface area contributed by atoms with Crippen molar-refractivity contribution in [1.82, 2.24) is 4.90 Å². The minimum absolute atomic E-state index is 0.192. The van der Waals surface area contributed by atoms with E-state index < -0.39 is 16.0 Å².